The fourth-order valence-electron chi connectivity index (χ4n) is 3.05. The van der Waals surface area contributed by atoms with E-state index in [0.29, 0.717) is 12.1 Å². The second kappa shape index (κ2) is 6.72. The highest BCUT2D eigenvalue weighted by Crippen LogP contribution is 2.37. The number of likely N-dealkylation sites (N-methyl/N-ethyl adjacent to an activating group) is 1. The maximum absolute atomic E-state index is 5.74. The number of nitrogens with one attached hydrogen (secondary N) is 1. The standard InChI is InChI=1S/C14H27NO2/c1-3-15-13(14(16-2)12-4-5-12)10-11-6-8-17-9-7-11/h11-15H,3-10H2,1-2H3. The lowest BCUT2D eigenvalue weighted by atomic mass is 9.89. The number of ether oxygens (including phenoxy) is 2. The van der Waals surface area contributed by atoms with Gasteiger partial charge in [0.25, 0.3) is 0 Å². The van der Waals surface area contributed by atoms with E-state index in [-0.39, 0.29) is 0 Å². The maximum atomic E-state index is 5.74. The fourth-order valence-corrected chi connectivity index (χ4v) is 3.05. The summed E-state index contributed by atoms with van der Waals surface area (Å²) in [5, 5.41) is 3.64. The highest BCUT2D eigenvalue weighted by Gasteiger charge is 2.37. The van der Waals surface area contributed by atoms with E-state index in [2.05, 4.69) is 12.2 Å². The van der Waals surface area contributed by atoms with Crippen molar-refractivity contribution in [3.63, 3.8) is 0 Å². The lowest BCUT2D eigenvalue weighted by Gasteiger charge is -2.32. The van der Waals surface area contributed by atoms with Crippen LogP contribution in [-0.4, -0.2) is 39.0 Å². The molecule has 2 aliphatic rings. The maximum Gasteiger partial charge on any atom is 0.0752 e. The first-order chi connectivity index (χ1) is 8.35. The van der Waals surface area contributed by atoms with Crippen LogP contribution in [0.15, 0.2) is 0 Å². The van der Waals surface area contributed by atoms with E-state index in [0.717, 1.165) is 31.6 Å². The van der Waals surface area contributed by atoms with Crippen LogP contribution < -0.4 is 5.32 Å². The molecule has 1 aliphatic carbocycles. The molecule has 0 aromatic heterocycles. The Morgan fingerprint density at radius 1 is 1.24 bits per heavy atom. The van der Waals surface area contributed by atoms with Crippen LogP contribution in [0.4, 0.5) is 0 Å². The normalized spacial score (nSPS) is 25.8. The molecule has 3 nitrogen and oxygen atoms in total. The van der Waals surface area contributed by atoms with E-state index >= 15 is 0 Å². The number of hydrogen-bond donors (Lipinski definition) is 1. The van der Waals surface area contributed by atoms with Crippen molar-refractivity contribution in [2.45, 2.75) is 51.2 Å². The van der Waals surface area contributed by atoms with Gasteiger partial charge in [-0.25, -0.2) is 0 Å². The third-order valence-electron chi connectivity index (χ3n) is 4.15. The molecule has 0 spiro atoms. The van der Waals surface area contributed by atoms with Crippen molar-refractivity contribution in [2.75, 3.05) is 26.9 Å². The summed E-state index contributed by atoms with van der Waals surface area (Å²) in [4.78, 5) is 0. The molecule has 2 fully saturated rings. The van der Waals surface area contributed by atoms with E-state index in [1.807, 2.05) is 7.11 Å². The van der Waals surface area contributed by atoms with Gasteiger partial charge in [0.2, 0.25) is 0 Å². The van der Waals surface area contributed by atoms with Crippen LogP contribution in [0.25, 0.3) is 0 Å². The summed E-state index contributed by atoms with van der Waals surface area (Å²) in [7, 11) is 1.87. The Morgan fingerprint density at radius 3 is 2.47 bits per heavy atom. The molecule has 2 atom stereocenters. The number of rotatable bonds is 7. The van der Waals surface area contributed by atoms with Gasteiger partial charge < -0.3 is 14.8 Å². The van der Waals surface area contributed by atoms with Crippen LogP contribution in [0.1, 0.15) is 39.0 Å². The zero-order valence-electron chi connectivity index (χ0n) is 11.3. The molecule has 0 aromatic rings. The molecule has 0 bridgehead atoms. The lowest BCUT2D eigenvalue weighted by Crippen LogP contribution is -2.44. The molecular weight excluding hydrogens is 214 g/mol. The Hall–Kier alpha value is -0.120. The monoisotopic (exact) mass is 241 g/mol. The van der Waals surface area contributed by atoms with Crippen molar-refractivity contribution in [1.29, 1.82) is 0 Å². The van der Waals surface area contributed by atoms with E-state index in [1.54, 1.807) is 0 Å². The average Bonchev–Trinajstić information content (AvgIpc) is 3.16. The second-order valence-electron chi connectivity index (χ2n) is 5.49. The molecular formula is C14H27NO2. The minimum atomic E-state index is 0.429. The Morgan fingerprint density at radius 2 is 1.94 bits per heavy atom. The minimum absolute atomic E-state index is 0.429. The molecule has 3 heteroatoms. The molecule has 100 valence electrons. The van der Waals surface area contributed by atoms with Crippen molar-refractivity contribution in [1.82, 2.24) is 5.32 Å². The Labute approximate surface area is 105 Å². The highest BCUT2D eigenvalue weighted by atomic mass is 16.5. The molecule has 1 N–H and O–H groups in total. The number of methoxy groups -OCH3 is 1. The van der Waals surface area contributed by atoms with Gasteiger partial charge in [-0.05, 0) is 50.5 Å². The predicted octanol–water partition coefficient (Wildman–Crippen LogP) is 2.21. The summed E-state index contributed by atoms with van der Waals surface area (Å²) >= 11 is 0. The quantitative estimate of drug-likeness (QED) is 0.741. The minimum Gasteiger partial charge on any atom is -0.381 e. The van der Waals surface area contributed by atoms with Crippen LogP contribution in [0.2, 0.25) is 0 Å². The van der Waals surface area contributed by atoms with Gasteiger partial charge in [-0.2, -0.15) is 0 Å². The van der Waals surface area contributed by atoms with Gasteiger partial charge in [-0.15, -0.1) is 0 Å². The molecule has 1 saturated heterocycles. The lowest BCUT2D eigenvalue weighted by molar-refractivity contribution is 0.0238. The van der Waals surface area contributed by atoms with Gasteiger partial charge in [-0.3, -0.25) is 0 Å². The zero-order chi connectivity index (χ0) is 12.1. The SMILES string of the molecule is CCNC(CC1CCOCC1)C(OC)C1CC1. The first-order valence-electron chi connectivity index (χ1n) is 7.19. The van der Waals surface area contributed by atoms with E-state index in [4.69, 9.17) is 9.47 Å². The van der Waals surface area contributed by atoms with Gasteiger partial charge in [0.1, 0.15) is 0 Å². The van der Waals surface area contributed by atoms with Crippen molar-refractivity contribution in [3.05, 3.63) is 0 Å². The smallest absolute Gasteiger partial charge is 0.0752 e. The summed E-state index contributed by atoms with van der Waals surface area (Å²) in [6.07, 6.45) is 6.85. The fraction of sp³-hybridized carbons (Fsp3) is 1.00. The van der Waals surface area contributed by atoms with E-state index < -0.39 is 0 Å². The summed E-state index contributed by atoms with van der Waals surface area (Å²) in [5.41, 5.74) is 0. The molecule has 0 radical (unpaired) electrons. The third-order valence-corrected chi connectivity index (χ3v) is 4.15. The van der Waals surface area contributed by atoms with Crippen molar-refractivity contribution in [2.24, 2.45) is 11.8 Å². The summed E-state index contributed by atoms with van der Waals surface area (Å²) in [6.45, 7) is 5.13. The molecule has 0 amide bonds. The first-order valence-corrected chi connectivity index (χ1v) is 7.19. The zero-order valence-corrected chi connectivity index (χ0v) is 11.3. The van der Waals surface area contributed by atoms with Crippen LogP contribution in [0.5, 0.6) is 0 Å². The Balaban J connectivity index is 1.85. The first kappa shape index (κ1) is 13.3. The third kappa shape index (κ3) is 3.94. The molecule has 1 saturated carbocycles. The Bertz CT molecular complexity index is 212. The van der Waals surface area contributed by atoms with Crippen molar-refractivity contribution < 1.29 is 9.47 Å². The molecule has 2 unspecified atom stereocenters. The van der Waals surface area contributed by atoms with Crippen LogP contribution >= 0.6 is 0 Å². The van der Waals surface area contributed by atoms with Crippen LogP contribution in [0.3, 0.4) is 0 Å². The molecule has 2 rings (SSSR count). The molecule has 0 aromatic carbocycles. The van der Waals surface area contributed by atoms with Gasteiger partial charge in [0, 0.05) is 26.4 Å². The van der Waals surface area contributed by atoms with Gasteiger partial charge >= 0.3 is 0 Å². The summed E-state index contributed by atoms with van der Waals surface area (Å²) in [6, 6.07) is 0.542. The highest BCUT2D eigenvalue weighted by molar-refractivity contribution is 4.91. The summed E-state index contributed by atoms with van der Waals surface area (Å²) < 4.78 is 11.2. The van der Waals surface area contributed by atoms with Crippen LogP contribution in [0, 0.1) is 11.8 Å². The largest absolute Gasteiger partial charge is 0.381 e. The topological polar surface area (TPSA) is 30.5 Å². The van der Waals surface area contributed by atoms with Crippen LogP contribution in [-0.2, 0) is 9.47 Å². The van der Waals surface area contributed by atoms with Crippen molar-refractivity contribution in [3.8, 4) is 0 Å². The van der Waals surface area contributed by atoms with E-state index in [9.17, 15) is 0 Å². The molecule has 1 aliphatic heterocycles. The van der Waals surface area contributed by atoms with Gasteiger partial charge in [-0.1, -0.05) is 6.92 Å². The Kier molecular flexibility index (Phi) is 5.26. The van der Waals surface area contributed by atoms with Gasteiger partial charge in [0.15, 0.2) is 0 Å². The van der Waals surface area contributed by atoms with Crippen molar-refractivity contribution >= 4 is 0 Å². The predicted molar refractivity (Wildman–Crippen MR) is 69.1 cm³/mol. The van der Waals surface area contributed by atoms with E-state index in [1.165, 1.54) is 32.1 Å². The van der Waals surface area contributed by atoms with Gasteiger partial charge in [0.05, 0.1) is 6.10 Å². The average molecular weight is 241 g/mol. The molecule has 1 heterocycles. The number of hydrogen-bond acceptors (Lipinski definition) is 3. The second-order valence-corrected chi connectivity index (χ2v) is 5.49. The summed E-state index contributed by atoms with van der Waals surface area (Å²) in [5.74, 6) is 1.63. The molecule has 17 heavy (non-hydrogen) atoms.